The van der Waals surface area contributed by atoms with Crippen LogP contribution < -0.4 is 0 Å². The number of halogens is 4. The highest BCUT2D eigenvalue weighted by Crippen LogP contribution is 2.43. The Bertz CT molecular complexity index is 957. The van der Waals surface area contributed by atoms with Crippen molar-refractivity contribution in [2.45, 2.75) is 57.3 Å². The molecule has 3 nitrogen and oxygen atoms in total. The molecule has 0 bridgehead atoms. The summed E-state index contributed by atoms with van der Waals surface area (Å²) in [5, 5.41) is 9.32. The average Bonchev–Trinajstić information content (AvgIpc) is 2.74. The zero-order chi connectivity index (χ0) is 24.2. The van der Waals surface area contributed by atoms with E-state index in [4.69, 9.17) is 0 Å². The molecule has 1 aliphatic rings. The number of alkyl halides is 3. The summed E-state index contributed by atoms with van der Waals surface area (Å²) in [7, 11) is 0. The van der Waals surface area contributed by atoms with Crippen molar-refractivity contribution in [3.63, 3.8) is 0 Å². The van der Waals surface area contributed by atoms with Crippen molar-refractivity contribution < 1.29 is 23.1 Å². The molecule has 178 valence electrons. The minimum Gasteiger partial charge on any atom is -0.481 e. The average molecular weight is 571 g/mol. The highest BCUT2D eigenvalue weighted by molar-refractivity contribution is 14.1. The summed E-state index contributed by atoms with van der Waals surface area (Å²) >= 11 is 2.27. The van der Waals surface area contributed by atoms with Gasteiger partial charge >= 0.3 is 12.1 Å². The van der Waals surface area contributed by atoms with Crippen molar-refractivity contribution >= 4 is 28.6 Å². The number of carbonyl (C=O) groups is 1. The maximum absolute atomic E-state index is 13.1. The van der Waals surface area contributed by atoms with Crippen molar-refractivity contribution in [1.82, 2.24) is 4.90 Å². The predicted octanol–water partition coefficient (Wildman–Crippen LogP) is 7.64. The Kier molecular flexibility index (Phi) is 8.61. The molecular formula is C26H29F3INO2. The van der Waals surface area contributed by atoms with E-state index in [0.29, 0.717) is 13.0 Å². The molecule has 1 heterocycles. The lowest BCUT2D eigenvalue weighted by molar-refractivity contribution is -0.139. The Hall–Kier alpha value is -1.87. The molecule has 1 saturated heterocycles. The predicted molar refractivity (Wildman–Crippen MR) is 132 cm³/mol. The van der Waals surface area contributed by atoms with Gasteiger partial charge in [-0.05, 0) is 103 Å². The number of nitrogens with zero attached hydrogens (tertiary/aromatic N) is 1. The van der Waals surface area contributed by atoms with E-state index >= 15 is 0 Å². The van der Waals surface area contributed by atoms with E-state index in [-0.39, 0.29) is 24.4 Å². The number of piperidine rings is 1. The molecule has 0 saturated carbocycles. The van der Waals surface area contributed by atoms with E-state index in [1.165, 1.54) is 0 Å². The molecule has 0 aliphatic carbocycles. The minimum absolute atomic E-state index is 0.00967. The summed E-state index contributed by atoms with van der Waals surface area (Å²) in [5.74, 6) is -0.847. The van der Waals surface area contributed by atoms with Gasteiger partial charge in [0.2, 0.25) is 0 Å². The standard InChI is InChI=1S/C26H29F3INO2/c1-17(2)3-12-23(19-6-10-22(30)11-7-19)31-14-13-18(16-25(32)33)15-24(31)20-4-8-21(9-5-20)26(27,28)29/h4-11,18,23-24H,1,3,12-16H2,2H3,(H,32,33). The Labute approximate surface area is 206 Å². The van der Waals surface area contributed by atoms with E-state index in [2.05, 4.69) is 58.3 Å². The van der Waals surface area contributed by atoms with Crippen molar-refractivity contribution in [3.8, 4) is 0 Å². The topological polar surface area (TPSA) is 40.5 Å². The smallest absolute Gasteiger partial charge is 0.416 e. The van der Waals surface area contributed by atoms with E-state index in [1.807, 2.05) is 6.92 Å². The highest BCUT2D eigenvalue weighted by Gasteiger charge is 2.36. The Balaban J connectivity index is 1.97. The van der Waals surface area contributed by atoms with Crippen molar-refractivity contribution in [2.24, 2.45) is 5.92 Å². The summed E-state index contributed by atoms with van der Waals surface area (Å²) in [4.78, 5) is 13.7. The number of benzene rings is 2. The number of allylic oxidation sites excluding steroid dienone is 1. The van der Waals surface area contributed by atoms with Crippen LogP contribution in [0.4, 0.5) is 13.2 Å². The minimum atomic E-state index is -4.39. The second-order valence-corrected chi connectivity index (χ2v) is 10.2. The summed E-state index contributed by atoms with van der Waals surface area (Å²) in [6, 6.07) is 13.6. The third-order valence-corrected chi connectivity index (χ3v) is 7.06. The van der Waals surface area contributed by atoms with Crippen LogP contribution in [0, 0.1) is 9.49 Å². The van der Waals surface area contributed by atoms with Crippen LogP contribution in [0.2, 0.25) is 0 Å². The van der Waals surface area contributed by atoms with Gasteiger partial charge in [-0.25, -0.2) is 0 Å². The summed E-state index contributed by atoms with van der Waals surface area (Å²) < 4.78 is 40.5. The van der Waals surface area contributed by atoms with Gasteiger partial charge in [0.25, 0.3) is 0 Å². The number of rotatable bonds is 8. The molecule has 1 fully saturated rings. The van der Waals surface area contributed by atoms with Crippen LogP contribution in [0.1, 0.15) is 67.8 Å². The third kappa shape index (κ3) is 7.06. The normalized spacial score (nSPS) is 20.4. The van der Waals surface area contributed by atoms with Crippen molar-refractivity contribution in [3.05, 3.63) is 80.9 Å². The highest BCUT2D eigenvalue weighted by atomic mass is 127. The first-order valence-electron chi connectivity index (χ1n) is 11.1. The van der Waals surface area contributed by atoms with Crippen LogP contribution in [-0.2, 0) is 11.0 Å². The van der Waals surface area contributed by atoms with Gasteiger partial charge < -0.3 is 5.11 Å². The molecule has 0 aromatic heterocycles. The number of carboxylic acids is 1. The molecule has 7 heteroatoms. The van der Waals surface area contributed by atoms with Gasteiger partial charge in [-0.3, -0.25) is 9.69 Å². The molecule has 3 unspecified atom stereocenters. The maximum Gasteiger partial charge on any atom is 0.416 e. The van der Waals surface area contributed by atoms with Crippen molar-refractivity contribution in [1.29, 1.82) is 0 Å². The SMILES string of the molecule is C=C(C)CCC(c1ccc(I)cc1)N1CCC(CC(=O)O)CC1c1ccc(C(F)(F)F)cc1. The van der Waals surface area contributed by atoms with E-state index < -0.39 is 17.7 Å². The molecule has 0 spiro atoms. The van der Waals surface area contributed by atoms with E-state index in [1.54, 1.807) is 12.1 Å². The molecule has 3 atom stereocenters. The van der Waals surface area contributed by atoms with Crippen LogP contribution >= 0.6 is 22.6 Å². The molecule has 2 aromatic rings. The Morgan fingerprint density at radius 1 is 1.18 bits per heavy atom. The number of hydrogen-bond acceptors (Lipinski definition) is 2. The van der Waals surface area contributed by atoms with Crippen LogP contribution in [0.15, 0.2) is 60.7 Å². The zero-order valence-electron chi connectivity index (χ0n) is 18.6. The second-order valence-electron chi connectivity index (χ2n) is 8.92. The molecule has 1 aliphatic heterocycles. The molecular weight excluding hydrogens is 542 g/mol. The Morgan fingerprint density at radius 2 is 1.82 bits per heavy atom. The molecule has 33 heavy (non-hydrogen) atoms. The van der Waals surface area contributed by atoms with Gasteiger partial charge in [-0.15, -0.1) is 6.58 Å². The first-order valence-corrected chi connectivity index (χ1v) is 12.2. The first-order chi connectivity index (χ1) is 15.5. The molecule has 0 amide bonds. The first kappa shape index (κ1) is 25.7. The van der Waals surface area contributed by atoms with Crippen LogP contribution in [-0.4, -0.2) is 22.5 Å². The molecule has 1 N–H and O–H groups in total. The van der Waals surface area contributed by atoms with Gasteiger partial charge in [0, 0.05) is 22.1 Å². The fourth-order valence-corrected chi connectivity index (χ4v) is 5.04. The zero-order valence-corrected chi connectivity index (χ0v) is 20.8. The summed E-state index contributed by atoms with van der Waals surface area (Å²) in [6.45, 7) is 6.73. The fourth-order valence-electron chi connectivity index (χ4n) is 4.68. The number of likely N-dealkylation sites (tertiary alicyclic amines) is 1. The third-order valence-electron chi connectivity index (χ3n) is 6.34. The summed E-state index contributed by atoms with van der Waals surface area (Å²) in [5.41, 5.74) is 2.36. The van der Waals surface area contributed by atoms with Gasteiger partial charge in [0.05, 0.1) is 5.56 Å². The number of aliphatic carboxylic acids is 1. The van der Waals surface area contributed by atoms with Gasteiger partial charge in [-0.1, -0.05) is 29.8 Å². The van der Waals surface area contributed by atoms with Gasteiger partial charge in [-0.2, -0.15) is 13.2 Å². The number of carboxylic acid groups (broad SMARTS) is 1. The maximum atomic E-state index is 13.1. The lowest BCUT2D eigenvalue weighted by Gasteiger charge is -2.44. The monoisotopic (exact) mass is 571 g/mol. The summed E-state index contributed by atoms with van der Waals surface area (Å²) in [6.07, 6.45) is -1.28. The molecule has 2 aromatic carbocycles. The van der Waals surface area contributed by atoms with Crippen LogP contribution in [0.3, 0.4) is 0 Å². The fraction of sp³-hybridized carbons (Fsp3) is 0.423. The Morgan fingerprint density at radius 3 is 2.36 bits per heavy atom. The lowest BCUT2D eigenvalue weighted by atomic mass is 9.82. The molecule has 0 radical (unpaired) electrons. The van der Waals surface area contributed by atoms with Crippen molar-refractivity contribution in [2.75, 3.05) is 6.54 Å². The second kappa shape index (κ2) is 11.0. The molecule has 3 rings (SSSR count). The quantitative estimate of drug-likeness (QED) is 0.262. The van der Waals surface area contributed by atoms with Gasteiger partial charge in [0.15, 0.2) is 0 Å². The van der Waals surface area contributed by atoms with Gasteiger partial charge in [0.1, 0.15) is 0 Å². The van der Waals surface area contributed by atoms with Crippen LogP contribution in [0.5, 0.6) is 0 Å². The largest absolute Gasteiger partial charge is 0.481 e. The lowest BCUT2D eigenvalue weighted by Crippen LogP contribution is -2.40. The van der Waals surface area contributed by atoms with E-state index in [9.17, 15) is 23.1 Å². The number of hydrogen-bond donors (Lipinski definition) is 1. The van der Waals surface area contributed by atoms with Crippen LogP contribution in [0.25, 0.3) is 0 Å². The van der Waals surface area contributed by atoms with E-state index in [0.717, 1.165) is 51.7 Å².